The number of carbonyl (C=O) groups is 3. The minimum Gasteiger partial charge on any atom is -0.493 e. The summed E-state index contributed by atoms with van der Waals surface area (Å²) in [7, 11) is 2.72. The van der Waals surface area contributed by atoms with Gasteiger partial charge >= 0.3 is 12.0 Å². The standard InChI is InChI=1S/C29H23ClN2O7/c1-36-25-14-17(12-22(30)26(25)38-16-19-8-5-7-18-6-3-4-9-21(18)19)13-23-27(33)32(29(35)31-23)15-20-10-11-24(39-20)28(34)37-2/h3-14H,15-16H2,1-2H3,(H,31,35)/b23-13-. The second kappa shape index (κ2) is 10.9. The van der Waals surface area contributed by atoms with Crippen molar-refractivity contribution in [2.75, 3.05) is 14.2 Å². The van der Waals surface area contributed by atoms with E-state index in [1.807, 2.05) is 42.5 Å². The maximum Gasteiger partial charge on any atom is 0.373 e. The highest BCUT2D eigenvalue weighted by Gasteiger charge is 2.34. The number of ether oxygens (including phenoxy) is 3. The molecule has 1 aromatic heterocycles. The van der Waals surface area contributed by atoms with Crippen LogP contribution in [0.25, 0.3) is 16.8 Å². The third kappa shape index (κ3) is 5.30. The van der Waals surface area contributed by atoms with Gasteiger partial charge in [-0.25, -0.2) is 9.59 Å². The minimum absolute atomic E-state index is 0.0279. The number of amides is 3. The van der Waals surface area contributed by atoms with Gasteiger partial charge in [0, 0.05) is 0 Å². The predicted molar refractivity (Wildman–Crippen MR) is 143 cm³/mol. The van der Waals surface area contributed by atoms with Crippen LogP contribution >= 0.6 is 11.6 Å². The van der Waals surface area contributed by atoms with Crippen molar-refractivity contribution in [3.05, 3.63) is 100 Å². The fraction of sp³-hybridized carbons (Fsp3) is 0.138. The van der Waals surface area contributed by atoms with E-state index >= 15 is 0 Å². The zero-order valence-electron chi connectivity index (χ0n) is 21.0. The van der Waals surface area contributed by atoms with E-state index in [1.54, 1.807) is 12.1 Å². The van der Waals surface area contributed by atoms with Gasteiger partial charge in [0.2, 0.25) is 5.76 Å². The van der Waals surface area contributed by atoms with E-state index in [-0.39, 0.29) is 35.4 Å². The lowest BCUT2D eigenvalue weighted by Crippen LogP contribution is -2.30. The SMILES string of the molecule is COC(=O)c1ccc(CN2C(=O)N/C(=C\c3cc(Cl)c(OCc4cccc5ccccc45)c(OC)c3)C2=O)o1. The molecule has 2 heterocycles. The van der Waals surface area contributed by atoms with Crippen LogP contribution in [0.1, 0.15) is 27.4 Å². The molecule has 1 N–H and O–H groups in total. The summed E-state index contributed by atoms with van der Waals surface area (Å²) in [5, 5.41) is 5.01. The summed E-state index contributed by atoms with van der Waals surface area (Å²) < 4.78 is 21.6. The third-order valence-electron chi connectivity index (χ3n) is 6.14. The Balaban J connectivity index is 1.34. The van der Waals surface area contributed by atoms with E-state index in [2.05, 4.69) is 10.1 Å². The second-order valence-electron chi connectivity index (χ2n) is 8.60. The Bertz CT molecular complexity index is 1620. The predicted octanol–water partition coefficient (Wildman–Crippen LogP) is 5.55. The zero-order valence-corrected chi connectivity index (χ0v) is 21.8. The lowest BCUT2D eigenvalue weighted by molar-refractivity contribution is -0.123. The Morgan fingerprint density at radius 1 is 1.05 bits per heavy atom. The van der Waals surface area contributed by atoms with Gasteiger partial charge in [0.1, 0.15) is 18.1 Å². The van der Waals surface area contributed by atoms with Crippen molar-refractivity contribution < 1.29 is 33.0 Å². The molecule has 198 valence electrons. The highest BCUT2D eigenvalue weighted by Crippen LogP contribution is 2.38. The van der Waals surface area contributed by atoms with E-state index in [0.717, 1.165) is 21.2 Å². The number of benzene rings is 3. The summed E-state index contributed by atoms with van der Waals surface area (Å²) in [4.78, 5) is 38.0. The Morgan fingerprint density at radius 2 is 1.85 bits per heavy atom. The molecule has 3 aromatic carbocycles. The van der Waals surface area contributed by atoms with E-state index in [9.17, 15) is 14.4 Å². The molecule has 0 saturated carbocycles. The van der Waals surface area contributed by atoms with E-state index in [0.29, 0.717) is 17.1 Å². The van der Waals surface area contributed by atoms with Crippen molar-refractivity contribution in [3.8, 4) is 11.5 Å². The molecule has 1 aliphatic rings. The first kappa shape index (κ1) is 25.9. The molecule has 3 amide bonds. The molecule has 1 saturated heterocycles. The molecule has 39 heavy (non-hydrogen) atoms. The van der Waals surface area contributed by atoms with Crippen LogP contribution in [-0.4, -0.2) is 37.0 Å². The number of nitrogens with one attached hydrogen (secondary N) is 1. The maximum atomic E-state index is 12.9. The van der Waals surface area contributed by atoms with Gasteiger partial charge in [-0.3, -0.25) is 9.69 Å². The van der Waals surface area contributed by atoms with Crippen molar-refractivity contribution in [2.24, 2.45) is 0 Å². The lowest BCUT2D eigenvalue weighted by atomic mass is 10.1. The van der Waals surface area contributed by atoms with Crippen LogP contribution in [0.15, 0.2) is 76.8 Å². The summed E-state index contributed by atoms with van der Waals surface area (Å²) in [5.74, 6) is -0.278. The Kier molecular flexibility index (Phi) is 7.25. The molecule has 1 fully saturated rings. The van der Waals surface area contributed by atoms with Gasteiger partial charge in [0.25, 0.3) is 5.91 Å². The molecule has 9 nitrogen and oxygen atoms in total. The number of esters is 1. The summed E-state index contributed by atoms with van der Waals surface area (Å²) in [6, 6.07) is 19.6. The van der Waals surface area contributed by atoms with Crippen molar-refractivity contribution in [1.29, 1.82) is 0 Å². The normalized spacial score (nSPS) is 14.1. The van der Waals surface area contributed by atoms with Crippen molar-refractivity contribution in [3.63, 3.8) is 0 Å². The third-order valence-corrected chi connectivity index (χ3v) is 6.42. The summed E-state index contributed by atoms with van der Waals surface area (Å²) >= 11 is 6.56. The largest absolute Gasteiger partial charge is 0.493 e. The van der Waals surface area contributed by atoms with Crippen molar-refractivity contribution in [2.45, 2.75) is 13.2 Å². The van der Waals surface area contributed by atoms with E-state index in [1.165, 1.54) is 32.4 Å². The second-order valence-corrected chi connectivity index (χ2v) is 9.01. The van der Waals surface area contributed by atoms with Gasteiger partial charge < -0.3 is 23.9 Å². The van der Waals surface area contributed by atoms with Crippen LogP contribution in [0.2, 0.25) is 5.02 Å². The lowest BCUT2D eigenvalue weighted by Gasteiger charge is -2.14. The molecule has 0 spiro atoms. The Labute approximate surface area is 228 Å². The molecule has 0 unspecified atom stereocenters. The van der Waals surface area contributed by atoms with Crippen LogP contribution in [0.3, 0.4) is 0 Å². The van der Waals surface area contributed by atoms with Gasteiger partial charge in [-0.2, -0.15) is 0 Å². The minimum atomic E-state index is -0.658. The fourth-order valence-corrected chi connectivity index (χ4v) is 4.52. The number of furan rings is 1. The van der Waals surface area contributed by atoms with Gasteiger partial charge in [-0.15, -0.1) is 0 Å². The monoisotopic (exact) mass is 546 g/mol. The highest BCUT2D eigenvalue weighted by atomic mass is 35.5. The van der Waals surface area contributed by atoms with Crippen LogP contribution < -0.4 is 14.8 Å². The van der Waals surface area contributed by atoms with Crippen molar-refractivity contribution in [1.82, 2.24) is 10.2 Å². The highest BCUT2D eigenvalue weighted by molar-refractivity contribution is 6.32. The first-order valence-corrected chi connectivity index (χ1v) is 12.2. The molecule has 10 heteroatoms. The average Bonchev–Trinajstić information content (AvgIpc) is 3.52. The number of urea groups is 1. The molecule has 0 bridgehead atoms. The number of fused-ring (bicyclic) bond motifs is 1. The maximum absolute atomic E-state index is 12.9. The van der Waals surface area contributed by atoms with E-state index < -0.39 is 17.9 Å². The zero-order chi connectivity index (χ0) is 27.5. The van der Waals surface area contributed by atoms with Crippen LogP contribution in [-0.2, 0) is 22.7 Å². The number of carbonyl (C=O) groups excluding carboxylic acids is 3. The van der Waals surface area contributed by atoms with Crippen molar-refractivity contribution >= 4 is 46.4 Å². The first-order valence-electron chi connectivity index (χ1n) is 11.9. The van der Waals surface area contributed by atoms with Gasteiger partial charge in [-0.1, -0.05) is 54.1 Å². The van der Waals surface area contributed by atoms with E-state index in [4.69, 9.17) is 25.5 Å². The Morgan fingerprint density at radius 3 is 2.64 bits per heavy atom. The summed E-state index contributed by atoms with van der Waals surface area (Å²) in [6.45, 7) is 0.107. The smallest absolute Gasteiger partial charge is 0.373 e. The van der Waals surface area contributed by atoms with Gasteiger partial charge in [0.15, 0.2) is 11.5 Å². The molecule has 0 atom stereocenters. The molecule has 0 radical (unpaired) electrons. The molecule has 1 aliphatic heterocycles. The van der Waals surface area contributed by atoms with Crippen LogP contribution in [0.5, 0.6) is 11.5 Å². The topological polar surface area (TPSA) is 107 Å². The number of halogens is 1. The molecular formula is C29H23ClN2O7. The number of hydrogen-bond acceptors (Lipinski definition) is 7. The number of imide groups is 1. The van der Waals surface area contributed by atoms with Crippen LogP contribution in [0, 0.1) is 0 Å². The average molecular weight is 547 g/mol. The summed E-state index contributed by atoms with van der Waals surface area (Å²) in [5.41, 5.74) is 1.56. The molecule has 5 rings (SSSR count). The van der Waals surface area contributed by atoms with Gasteiger partial charge in [0.05, 0.1) is 25.8 Å². The number of methoxy groups -OCH3 is 2. The summed E-state index contributed by atoms with van der Waals surface area (Å²) in [6.07, 6.45) is 1.49. The van der Waals surface area contributed by atoms with Crippen LogP contribution in [0.4, 0.5) is 4.79 Å². The quantitative estimate of drug-likeness (QED) is 0.175. The fourth-order valence-electron chi connectivity index (χ4n) is 4.24. The number of rotatable bonds is 8. The number of hydrogen-bond donors (Lipinski definition) is 1. The Hall–Kier alpha value is -4.76. The molecule has 0 aliphatic carbocycles. The van der Waals surface area contributed by atoms with Gasteiger partial charge in [-0.05, 0) is 52.2 Å². The first-order chi connectivity index (χ1) is 18.9. The molecule has 4 aromatic rings. The number of nitrogens with zero attached hydrogens (tertiary/aromatic N) is 1. The molecular weight excluding hydrogens is 524 g/mol.